The molecule has 0 amide bonds. The number of carbonyl (C=O) groups is 1. The van der Waals surface area contributed by atoms with Crippen LogP contribution in [0.15, 0.2) is 0 Å². The van der Waals surface area contributed by atoms with E-state index < -0.39 is 24.0 Å². The Labute approximate surface area is 105 Å². The highest BCUT2D eigenvalue weighted by atomic mass is 16.8. The van der Waals surface area contributed by atoms with E-state index in [1.807, 2.05) is 0 Å². The fourth-order valence-electron chi connectivity index (χ4n) is 2.73. The molecule has 7 heteroatoms. The highest BCUT2D eigenvalue weighted by molar-refractivity contribution is 5.66. The van der Waals surface area contributed by atoms with Crippen molar-refractivity contribution in [1.82, 2.24) is 0 Å². The van der Waals surface area contributed by atoms with Gasteiger partial charge >= 0.3 is 5.97 Å². The van der Waals surface area contributed by atoms with Crippen LogP contribution in [0.1, 0.15) is 27.2 Å². The molecule has 0 unspecified atom stereocenters. The highest BCUT2D eigenvalue weighted by Gasteiger charge is 2.56. The predicted molar refractivity (Wildman–Crippen MR) is 59.3 cm³/mol. The Kier molecular flexibility index (Phi) is 3.29. The second-order valence-corrected chi connectivity index (χ2v) is 5.22. The molecule has 1 aliphatic carbocycles. The SMILES string of the molecule is CC(=O)O[C@@H]1C[C@H](C[N+](=O)[O-])[C@H]2OC(C)(C)O[C@H]21. The van der Waals surface area contributed by atoms with Crippen molar-refractivity contribution in [2.24, 2.45) is 5.92 Å². The van der Waals surface area contributed by atoms with Gasteiger partial charge in [-0.1, -0.05) is 0 Å². The van der Waals surface area contributed by atoms with Crippen LogP contribution in [-0.4, -0.2) is 41.5 Å². The van der Waals surface area contributed by atoms with E-state index in [4.69, 9.17) is 14.2 Å². The van der Waals surface area contributed by atoms with Crippen molar-refractivity contribution in [3.63, 3.8) is 0 Å². The summed E-state index contributed by atoms with van der Waals surface area (Å²) >= 11 is 0. The van der Waals surface area contributed by atoms with Gasteiger partial charge in [0.1, 0.15) is 18.3 Å². The first-order chi connectivity index (χ1) is 8.28. The Bertz CT molecular complexity index is 337. The average molecular weight is 259 g/mol. The zero-order valence-corrected chi connectivity index (χ0v) is 10.6. The van der Waals surface area contributed by atoms with E-state index in [0.717, 1.165) is 0 Å². The molecule has 102 valence electrons. The van der Waals surface area contributed by atoms with Crippen LogP contribution in [0.3, 0.4) is 0 Å². The summed E-state index contributed by atoms with van der Waals surface area (Å²) in [6, 6.07) is 0. The zero-order chi connectivity index (χ0) is 13.5. The van der Waals surface area contributed by atoms with Crippen molar-refractivity contribution in [3.05, 3.63) is 10.1 Å². The molecule has 1 saturated heterocycles. The maximum atomic E-state index is 11.0. The molecule has 1 heterocycles. The van der Waals surface area contributed by atoms with Gasteiger partial charge in [-0.2, -0.15) is 0 Å². The summed E-state index contributed by atoms with van der Waals surface area (Å²) in [7, 11) is 0. The third-order valence-electron chi connectivity index (χ3n) is 3.23. The maximum absolute atomic E-state index is 11.0. The first-order valence-electron chi connectivity index (χ1n) is 5.93. The van der Waals surface area contributed by atoms with Gasteiger partial charge in [0.15, 0.2) is 5.79 Å². The zero-order valence-electron chi connectivity index (χ0n) is 10.6. The molecule has 0 aromatic carbocycles. The molecule has 0 spiro atoms. The van der Waals surface area contributed by atoms with Gasteiger partial charge in [-0.15, -0.1) is 0 Å². The van der Waals surface area contributed by atoms with Crippen molar-refractivity contribution in [3.8, 4) is 0 Å². The van der Waals surface area contributed by atoms with Crippen LogP contribution in [0.2, 0.25) is 0 Å². The second kappa shape index (κ2) is 4.47. The summed E-state index contributed by atoms with van der Waals surface area (Å²) in [5.74, 6) is -1.48. The molecule has 0 N–H and O–H groups in total. The summed E-state index contributed by atoms with van der Waals surface area (Å²) in [5, 5.41) is 10.6. The molecular formula is C11H17NO6. The summed E-state index contributed by atoms with van der Waals surface area (Å²) in [6.07, 6.45) is -0.839. The lowest BCUT2D eigenvalue weighted by Crippen LogP contribution is -2.32. The van der Waals surface area contributed by atoms with Crippen LogP contribution < -0.4 is 0 Å². The minimum Gasteiger partial charge on any atom is -0.460 e. The summed E-state index contributed by atoms with van der Waals surface area (Å²) in [6.45, 7) is 4.62. The van der Waals surface area contributed by atoms with Gasteiger partial charge in [0, 0.05) is 11.8 Å². The third kappa shape index (κ3) is 2.62. The molecule has 2 fully saturated rings. The number of carbonyl (C=O) groups excluding carboxylic acids is 1. The van der Waals surface area contributed by atoms with Gasteiger partial charge in [-0.3, -0.25) is 14.9 Å². The number of rotatable bonds is 3. The molecule has 0 radical (unpaired) electrons. The quantitative estimate of drug-likeness (QED) is 0.422. The molecular weight excluding hydrogens is 242 g/mol. The Morgan fingerprint density at radius 1 is 1.44 bits per heavy atom. The van der Waals surface area contributed by atoms with Crippen molar-refractivity contribution >= 4 is 5.97 Å². The average Bonchev–Trinajstić information content (AvgIpc) is 2.62. The molecule has 7 nitrogen and oxygen atoms in total. The highest BCUT2D eigenvalue weighted by Crippen LogP contribution is 2.42. The van der Waals surface area contributed by atoms with Crippen molar-refractivity contribution in [2.75, 3.05) is 6.54 Å². The molecule has 4 atom stereocenters. The third-order valence-corrected chi connectivity index (χ3v) is 3.23. The van der Waals surface area contributed by atoms with Gasteiger partial charge < -0.3 is 14.2 Å². The summed E-state index contributed by atoms with van der Waals surface area (Å²) < 4.78 is 16.5. The lowest BCUT2D eigenvalue weighted by molar-refractivity contribution is -0.490. The van der Waals surface area contributed by atoms with Crippen molar-refractivity contribution in [1.29, 1.82) is 0 Å². The van der Waals surface area contributed by atoms with E-state index in [-0.39, 0.29) is 23.5 Å². The van der Waals surface area contributed by atoms with E-state index in [9.17, 15) is 14.9 Å². The molecule has 0 aromatic rings. The molecule has 2 rings (SSSR count). The summed E-state index contributed by atoms with van der Waals surface area (Å²) in [4.78, 5) is 21.3. The van der Waals surface area contributed by atoms with Gasteiger partial charge in [-0.05, 0) is 20.3 Å². The maximum Gasteiger partial charge on any atom is 0.302 e. The molecule has 0 bridgehead atoms. The lowest BCUT2D eigenvalue weighted by Gasteiger charge is -2.22. The molecule has 1 saturated carbocycles. The van der Waals surface area contributed by atoms with Crippen LogP contribution in [0.25, 0.3) is 0 Å². The van der Waals surface area contributed by atoms with E-state index in [1.54, 1.807) is 13.8 Å². The monoisotopic (exact) mass is 259 g/mol. The van der Waals surface area contributed by atoms with Crippen LogP contribution in [0.4, 0.5) is 0 Å². The molecule has 1 aliphatic heterocycles. The topological polar surface area (TPSA) is 87.9 Å². The molecule has 18 heavy (non-hydrogen) atoms. The van der Waals surface area contributed by atoms with Gasteiger partial charge in [0.25, 0.3) is 0 Å². The van der Waals surface area contributed by atoms with Gasteiger partial charge in [0.05, 0.1) is 5.92 Å². The Morgan fingerprint density at radius 3 is 2.61 bits per heavy atom. The first kappa shape index (κ1) is 13.2. The van der Waals surface area contributed by atoms with Crippen LogP contribution in [0.5, 0.6) is 0 Å². The normalized spacial score (nSPS) is 37.3. The Balaban J connectivity index is 2.12. The summed E-state index contributed by atoms with van der Waals surface area (Å²) in [5.41, 5.74) is 0. The number of hydrogen-bond donors (Lipinski definition) is 0. The minimum absolute atomic E-state index is 0.196. The number of esters is 1. The number of hydrogen-bond acceptors (Lipinski definition) is 6. The van der Waals surface area contributed by atoms with Crippen LogP contribution in [-0.2, 0) is 19.0 Å². The molecule has 2 aliphatic rings. The van der Waals surface area contributed by atoms with E-state index in [1.165, 1.54) is 6.92 Å². The Morgan fingerprint density at radius 2 is 2.06 bits per heavy atom. The fourth-order valence-corrected chi connectivity index (χ4v) is 2.73. The second-order valence-electron chi connectivity index (χ2n) is 5.22. The van der Waals surface area contributed by atoms with Gasteiger partial charge in [0.2, 0.25) is 6.54 Å². The minimum atomic E-state index is -0.789. The van der Waals surface area contributed by atoms with E-state index >= 15 is 0 Å². The molecule has 0 aromatic heterocycles. The lowest BCUT2D eigenvalue weighted by atomic mass is 10.1. The standard InChI is InChI=1S/C11H17NO6/c1-6(13)16-8-4-7(5-12(14)15)9-10(8)18-11(2,3)17-9/h7-10H,4-5H2,1-3H3/t7-,8-,9-,10+/m1/s1. The predicted octanol–water partition coefficient (Wildman–Crippen LogP) is 0.735. The fraction of sp³-hybridized carbons (Fsp3) is 0.909. The number of nitrogens with zero attached hydrogens (tertiary/aromatic N) is 1. The van der Waals surface area contributed by atoms with E-state index in [0.29, 0.717) is 6.42 Å². The number of ether oxygens (including phenoxy) is 3. The number of nitro groups is 1. The largest absolute Gasteiger partial charge is 0.460 e. The van der Waals surface area contributed by atoms with Crippen molar-refractivity contribution in [2.45, 2.75) is 51.3 Å². The Hall–Kier alpha value is -1.21. The smallest absolute Gasteiger partial charge is 0.302 e. The first-order valence-corrected chi connectivity index (χ1v) is 5.93. The van der Waals surface area contributed by atoms with Crippen LogP contribution >= 0.6 is 0 Å². The van der Waals surface area contributed by atoms with Crippen molar-refractivity contribution < 1.29 is 23.9 Å². The van der Waals surface area contributed by atoms with Gasteiger partial charge in [-0.25, -0.2) is 0 Å². The van der Waals surface area contributed by atoms with E-state index in [2.05, 4.69) is 0 Å². The number of fused-ring (bicyclic) bond motifs is 1. The van der Waals surface area contributed by atoms with Crippen LogP contribution in [0, 0.1) is 16.0 Å².